The fourth-order valence-electron chi connectivity index (χ4n) is 2.45. The van der Waals surface area contributed by atoms with Crippen molar-refractivity contribution in [3.63, 3.8) is 0 Å². The molecule has 0 unspecified atom stereocenters. The van der Waals surface area contributed by atoms with Gasteiger partial charge in [0.05, 0.1) is 16.1 Å². The van der Waals surface area contributed by atoms with Gasteiger partial charge >= 0.3 is 5.97 Å². The number of hydrogen-bond acceptors (Lipinski definition) is 4. The lowest BCUT2D eigenvalue weighted by atomic mass is 10.1. The molecule has 0 aromatic carbocycles. The molecule has 2 heterocycles. The highest BCUT2D eigenvalue weighted by Crippen LogP contribution is 2.39. The highest BCUT2D eigenvalue weighted by atomic mass is 35.5. The van der Waals surface area contributed by atoms with Gasteiger partial charge < -0.3 is 10.4 Å². The number of carboxylic acids is 1. The molecule has 2 N–H and O–H groups in total. The molecule has 0 saturated carbocycles. The molecule has 5 nitrogen and oxygen atoms in total. The van der Waals surface area contributed by atoms with E-state index in [1.165, 1.54) is 29.8 Å². The lowest BCUT2D eigenvalue weighted by Gasteiger charge is -2.06. The maximum Gasteiger partial charge on any atom is 0.339 e. The lowest BCUT2D eigenvalue weighted by molar-refractivity contribution is 0.0697. The Balaban J connectivity index is 1.94. The van der Waals surface area contributed by atoms with E-state index < -0.39 is 11.9 Å². The molecule has 1 aliphatic rings. The van der Waals surface area contributed by atoms with E-state index in [0.29, 0.717) is 5.00 Å². The molecule has 0 bridgehead atoms. The zero-order chi connectivity index (χ0) is 15.0. The summed E-state index contributed by atoms with van der Waals surface area (Å²) < 4.78 is 0. The highest BCUT2D eigenvalue weighted by molar-refractivity contribution is 7.17. The van der Waals surface area contributed by atoms with Gasteiger partial charge in [-0.05, 0) is 30.9 Å². The maximum absolute atomic E-state index is 12.2. The van der Waals surface area contributed by atoms with Crippen LogP contribution in [-0.2, 0) is 12.8 Å². The van der Waals surface area contributed by atoms with Crippen LogP contribution in [0.3, 0.4) is 0 Å². The number of halogens is 1. The second kappa shape index (κ2) is 5.46. The third kappa shape index (κ3) is 2.52. The second-order valence-electron chi connectivity index (χ2n) is 4.68. The van der Waals surface area contributed by atoms with Gasteiger partial charge in [0.15, 0.2) is 0 Å². The topological polar surface area (TPSA) is 79.3 Å². The molecule has 108 valence electrons. The van der Waals surface area contributed by atoms with E-state index in [1.54, 1.807) is 0 Å². The molecule has 0 radical (unpaired) electrons. The molecule has 2 aromatic heterocycles. The average Bonchev–Trinajstić information content (AvgIpc) is 2.98. The van der Waals surface area contributed by atoms with E-state index >= 15 is 0 Å². The predicted octanol–water partition coefficient (Wildman–Crippen LogP) is 3.24. The minimum atomic E-state index is -1.01. The van der Waals surface area contributed by atoms with E-state index in [-0.39, 0.29) is 16.1 Å². The summed E-state index contributed by atoms with van der Waals surface area (Å²) in [5, 5.41) is 12.7. The maximum atomic E-state index is 12.2. The van der Waals surface area contributed by atoms with Crippen LogP contribution in [0.5, 0.6) is 0 Å². The number of aromatic carboxylic acids is 1. The summed E-state index contributed by atoms with van der Waals surface area (Å²) >= 11 is 7.26. The zero-order valence-electron chi connectivity index (χ0n) is 10.9. The Morgan fingerprint density at radius 1 is 1.38 bits per heavy atom. The first-order valence-corrected chi connectivity index (χ1v) is 7.56. The average molecular weight is 323 g/mol. The van der Waals surface area contributed by atoms with Crippen molar-refractivity contribution >= 4 is 39.8 Å². The Morgan fingerprint density at radius 3 is 2.90 bits per heavy atom. The molecule has 0 saturated heterocycles. The van der Waals surface area contributed by atoms with Gasteiger partial charge in [-0.25, -0.2) is 4.79 Å². The van der Waals surface area contributed by atoms with Gasteiger partial charge in [-0.15, -0.1) is 11.3 Å². The summed E-state index contributed by atoms with van der Waals surface area (Å²) in [6.07, 6.45) is 5.42. The molecular weight excluding hydrogens is 312 g/mol. The number of anilines is 1. The van der Waals surface area contributed by atoms with Gasteiger partial charge in [-0.3, -0.25) is 9.78 Å². The van der Waals surface area contributed by atoms with E-state index in [2.05, 4.69) is 10.3 Å². The number of hydrogen-bond donors (Lipinski definition) is 2. The Labute approximate surface area is 129 Å². The Hall–Kier alpha value is -1.92. The van der Waals surface area contributed by atoms with Gasteiger partial charge in [0.2, 0.25) is 0 Å². The molecule has 0 aliphatic heterocycles. The van der Waals surface area contributed by atoms with Crippen molar-refractivity contribution in [2.75, 3.05) is 5.32 Å². The monoisotopic (exact) mass is 322 g/mol. The molecule has 2 aromatic rings. The molecular formula is C14H11ClN2O3S. The van der Waals surface area contributed by atoms with Crippen LogP contribution in [0.1, 0.15) is 37.6 Å². The van der Waals surface area contributed by atoms with Gasteiger partial charge in [-0.1, -0.05) is 11.6 Å². The van der Waals surface area contributed by atoms with Gasteiger partial charge in [0.25, 0.3) is 5.91 Å². The van der Waals surface area contributed by atoms with Crippen LogP contribution in [0.25, 0.3) is 0 Å². The molecule has 3 rings (SSSR count). The van der Waals surface area contributed by atoms with Gasteiger partial charge in [0, 0.05) is 17.3 Å². The second-order valence-corrected chi connectivity index (χ2v) is 6.19. The normalized spacial score (nSPS) is 13.0. The third-order valence-corrected chi connectivity index (χ3v) is 4.89. The third-order valence-electron chi connectivity index (χ3n) is 3.38. The predicted molar refractivity (Wildman–Crippen MR) is 80.5 cm³/mol. The first kappa shape index (κ1) is 14.0. The number of carbonyl (C=O) groups is 2. The number of amides is 1. The minimum absolute atomic E-state index is 0.214. The van der Waals surface area contributed by atoms with Crippen molar-refractivity contribution in [3.8, 4) is 0 Å². The number of carbonyl (C=O) groups excluding carboxylic acids is 1. The van der Waals surface area contributed by atoms with Crippen LogP contribution >= 0.6 is 22.9 Å². The standard InChI is InChI=1S/C14H11ClN2O3S/c15-9-6-16-5-4-7(9)12(18)17-13-11(14(19)20)8-2-1-3-10(8)21-13/h4-6H,1-3H2,(H,17,18)(H,19,20). The van der Waals surface area contributed by atoms with Crippen LogP contribution in [0.15, 0.2) is 18.5 Å². The first-order valence-electron chi connectivity index (χ1n) is 6.36. The molecule has 0 atom stereocenters. The number of nitrogens with one attached hydrogen (secondary N) is 1. The SMILES string of the molecule is O=C(Nc1sc2c(c1C(=O)O)CCC2)c1ccncc1Cl. The number of aromatic nitrogens is 1. The molecule has 1 aliphatic carbocycles. The Bertz CT molecular complexity index is 742. The van der Waals surface area contributed by atoms with Crippen LogP contribution in [0, 0.1) is 0 Å². The minimum Gasteiger partial charge on any atom is -0.478 e. The molecule has 21 heavy (non-hydrogen) atoms. The van der Waals surface area contributed by atoms with Crippen molar-refractivity contribution in [3.05, 3.63) is 45.1 Å². The number of nitrogens with zero attached hydrogens (tertiary/aromatic N) is 1. The molecule has 0 spiro atoms. The van der Waals surface area contributed by atoms with Gasteiger partial charge in [0.1, 0.15) is 5.00 Å². The fraction of sp³-hybridized carbons (Fsp3) is 0.214. The summed E-state index contributed by atoms with van der Waals surface area (Å²) in [5.41, 5.74) is 1.34. The number of rotatable bonds is 3. The summed E-state index contributed by atoms with van der Waals surface area (Å²) in [7, 11) is 0. The van der Waals surface area contributed by atoms with E-state index in [1.807, 2.05) is 0 Å². The van der Waals surface area contributed by atoms with Crippen LogP contribution in [-0.4, -0.2) is 22.0 Å². The van der Waals surface area contributed by atoms with Crippen molar-refractivity contribution in [2.45, 2.75) is 19.3 Å². The van der Waals surface area contributed by atoms with Crippen molar-refractivity contribution in [1.29, 1.82) is 0 Å². The summed E-state index contributed by atoms with van der Waals surface area (Å²) in [5.74, 6) is -1.43. The van der Waals surface area contributed by atoms with Crippen molar-refractivity contribution < 1.29 is 14.7 Å². The van der Waals surface area contributed by atoms with Crippen LogP contribution in [0.4, 0.5) is 5.00 Å². The first-order chi connectivity index (χ1) is 10.1. The largest absolute Gasteiger partial charge is 0.478 e. The Kier molecular flexibility index (Phi) is 3.65. The molecule has 0 fully saturated rings. The fourth-order valence-corrected chi connectivity index (χ4v) is 3.93. The lowest BCUT2D eigenvalue weighted by Crippen LogP contribution is -2.14. The van der Waals surface area contributed by atoms with Crippen LogP contribution < -0.4 is 5.32 Å². The van der Waals surface area contributed by atoms with Crippen molar-refractivity contribution in [1.82, 2.24) is 4.98 Å². The highest BCUT2D eigenvalue weighted by Gasteiger charge is 2.27. The number of pyridine rings is 1. The van der Waals surface area contributed by atoms with E-state index in [9.17, 15) is 14.7 Å². The number of carboxylic acid groups (broad SMARTS) is 1. The van der Waals surface area contributed by atoms with Crippen molar-refractivity contribution in [2.24, 2.45) is 0 Å². The number of aryl methyl sites for hydroxylation is 1. The summed E-state index contributed by atoms with van der Waals surface area (Å²) in [6, 6.07) is 1.50. The van der Waals surface area contributed by atoms with E-state index in [4.69, 9.17) is 11.6 Å². The Morgan fingerprint density at radius 2 is 2.19 bits per heavy atom. The smallest absolute Gasteiger partial charge is 0.339 e. The number of thiophene rings is 1. The number of fused-ring (bicyclic) bond motifs is 1. The summed E-state index contributed by atoms with van der Waals surface area (Å²) in [6.45, 7) is 0. The molecule has 1 amide bonds. The summed E-state index contributed by atoms with van der Waals surface area (Å²) in [4.78, 5) is 28.5. The zero-order valence-corrected chi connectivity index (χ0v) is 12.4. The van der Waals surface area contributed by atoms with Crippen LogP contribution in [0.2, 0.25) is 5.02 Å². The quantitative estimate of drug-likeness (QED) is 0.909. The van der Waals surface area contributed by atoms with E-state index in [0.717, 1.165) is 29.7 Å². The van der Waals surface area contributed by atoms with Gasteiger partial charge in [-0.2, -0.15) is 0 Å². The molecule has 7 heteroatoms.